The fraction of sp³-hybridized carbons (Fsp3) is 0.391. The van der Waals surface area contributed by atoms with E-state index in [2.05, 4.69) is 24.3 Å². The fourth-order valence-electron chi connectivity index (χ4n) is 3.87. The van der Waals surface area contributed by atoms with Crippen LogP contribution in [-0.4, -0.2) is 25.7 Å². The van der Waals surface area contributed by atoms with Crippen molar-refractivity contribution < 1.29 is 19.1 Å². The van der Waals surface area contributed by atoms with Crippen LogP contribution in [0.3, 0.4) is 0 Å². The molecule has 1 atom stereocenters. The van der Waals surface area contributed by atoms with E-state index in [1.165, 1.54) is 29.4 Å². The highest BCUT2D eigenvalue weighted by Crippen LogP contribution is 2.44. The molecule has 0 N–H and O–H groups in total. The van der Waals surface area contributed by atoms with Gasteiger partial charge in [-0.3, -0.25) is 9.59 Å². The van der Waals surface area contributed by atoms with Crippen molar-refractivity contribution in [3.63, 3.8) is 0 Å². The Morgan fingerprint density at radius 2 is 1.52 bits per heavy atom. The van der Waals surface area contributed by atoms with Crippen LogP contribution in [0.1, 0.15) is 43.7 Å². The monoisotopic (exact) mass is 366 g/mol. The molecule has 27 heavy (non-hydrogen) atoms. The van der Waals surface area contributed by atoms with Gasteiger partial charge in [0.05, 0.1) is 19.4 Å². The zero-order valence-electron chi connectivity index (χ0n) is 16.1. The maximum absolute atomic E-state index is 12.4. The minimum atomic E-state index is -0.453. The summed E-state index contributed by atoms with van der Waals surface area (Å²) >= 11 is 0. The van der Waals surface area contributed by atoms with Gasteiger partial charge in [-0.1, -0.05) is 62.4 Å². The summed E-state index contributed by atoms with van der Waals surface area (Å²) in [6.07, 6.45) is 0.664. The van der Waals surface area contributed by atoms with Crippen LogP contribution in [-0.2, 0) is 19.1 Å². The Balaban J connectivity index is 1.69. The van der Waals surface area contributed by atoms with Crippen molar-refractivity contribution in [1.29, 1.82) is 0 Å². The molecule has 3 rings (SSSR count). The highest BCUT2D eigenvalue weighted by Gasteiger charge is 2.30. The van der Waals surface area contributed by atoms with E-state index in [0.29, 0.717) is 12.3 Å². The van der Waals surface area contributed by atoms with Crippen molar-refractivity contribution >= 4 is 11.9 Å². The van der Waals surface area contributed by atoms with Crippen LogP contribution in [0, 0.1) is 11.8 Å². The summed E-state index contributed by atoms with van der Waals surface area (Å²) in [7, 11) is 1.35. The van der Waals surface area contributed by atoms with Crippen LogP contribution in [0.15, 0.2) is 48.5 Å². The van der Waals surface area contributed by atoms with E-state index in [1.807, 2.05) is 38.1 Å². The first-order valence-corrected chi connectivity index (χ1v) is 9.43. The molecule has 0 aromatic heterocycles. The lowest BCUT2D eigenvalue weighted by Crippen LogP contribution is -2.23. The molecule has 2 aromatic rings. The summed E-state index contributed by atoms with van der Waals surface area (Å²) in [5, 5.41) is 0. The molecule has 0 radical (unpaired) electrons. The van der Waals surface area contributed by atoms with Gasteiger partial charge in [-0.05, 0) is 34.6 Å². The lowest BCUT2D eigenvalue weighted by molar-refractivity contribution is -0.154. The Morgan fingerprint density at radius 3 is 2.04 bits per heavy atom. The van der Waals surface area contributed by atoms with Gasteiger partial charge >= 0.3 is 11.9 Å². The van der Waals surface area contributed by atoms with Crippen LogP contribution < -0.4 is 0 Å². The molecule has 2 aromatic carbocycles. The molecular formula is C23H26O4. The maximum Gasteiger partial charge on any atom is 0.309 e. The molecule has 0 amide bonds. The van der Waals surface area contributed by atoms with Gasteiger partial charge in [0.1, 0.15) is 6.61 Å². The molecule has 142 valence electrons. The minimum absolute atomic E-state index is 0.0306. The van der Waals surface area contributed by atoms with Crippen molar-refractivity contribution in [2.45, 2.75) is 32.6 Å². The molecule has 4 heteroatoms. The Labute approximate surface area is 160 Å². The number of hydrogen-bond acceptors (Lipinski definition) is 4. The van der Waals surface area contributed by atoms with E-state index in [-0.39, 0.29) is 30.9 Å². The molecule has 0 aliphatic heterocycles. The second kappa shape index (κ2) is 8.38. The van der Waals surface area contributed by atoms with Crippen molar-refractivity contribution in [3.05, 3.63) is 59.7 Å². The van der Waals surface area contributed by atoms with Crippen LogP contribution in [0.25, 0.3) is 11.1 Å². The quantitative estimate of drug-likeness (QED) is 0.674. The number of carbonyl (C=O) groups is 2. The molecule has 0 spiro atoms. The summed E-state index contributed by atoms with van der Waals surface area (Å²) in [6, 6.07) is 16.4. The van der Waals surface area contributed by atoms with Gasteiger partial charge in [0.15, 0.2) is 0 Å². The Hall–Kier alpha value is -2.62. The van der Waals surface area contributed by atoms with Crippen LogP contribution in [0.2, 0.25) is 0 Å². The van der Waals surface area contributed by atoms with Gasteiger partial charge in [-0.15, -0.1) is 0 Å². The van der Waals surface area contributed by atoms with Crippen LogP contribution >= 0.6 is 0 Å². The molecule has 0 heterocycles. The van der Waals surface area contributed by atoms with Gasteiger partial charge in [0, 0.05) is 5.92 Å². The molecule has 0 bridgehead atoms. The highest BCUT2D eigenvalue weighted by atomic mass is 16.5. The lowest BCUT2D eigenvalue weighted by atomic mass is 9.94. The van der Waals surface area contributed by atoms with Gasteiger partial charge in [0.2, 0.25) is 0 Å². The molecule has 1 unspecified atom stereocenters. The maximum atomic E-state index is 12.4. The number of esters is 2. The molecular weight excluding hydrogens is 340 g/mol. The third kappa shape index (κ3) is 4.21. The van der Waals surface area contributed by atoms with Gasteiger partial charge in [-0.2, -0.15) is 0 Å². The van der Waals surface area contributed by atoms with Crippen LogP contribution in [0.5, 0.6) is 0 Å². The van der Waals surface area contributed by atoms with Crippen LogP contribution in [0.4, 0.5) is 0 Å². The fourth-order valence-corrected chi connectivity index (χ4v) is 3.87. The SMILES string of the molecule is COC(=O)C(CC(=O)OCC1c2ccccc2-c2ccccc21)CC(C)C. The van der Waals surface area contributed by atoms with E-state index in [1.54, 1.807) is 0 Å². The summed E-state index contributed by atoms with van der Waals surface area (Å²) in [4.78, 5) is 24.3. The first-order chi connectivity index (χ1) is 13.0. The molecule has 0 saturated carbocycles. The average molecular weight is 366 g/mol. The number of ether oxygens (including phenoxy) is 2. The Morgan fingerprint density at radius 1 is 0.963 bits per heavy atom. The van der Waals surface area contributed by atoms with E-state index in [0.717, 1.165) is 0 Å². The van der Waals surface area contributed by atoms with Gasteiger partial charge in [0.25, 0.3) is 0 Å². The Bertz CT molecular complexity index is 779. The molecule has 1 aliphatic carbocycles. The Kier molecular flexibility index (Phi) is 5.94. The van der Waals surface area contributed by atoms with Crippen molar-refractivity contribution in [3.8, 4) is 11.1 Å². The summed E-state index contributed by atoms with van der Waals surface area (Å²) < 4.78 is 10.4. The van der Waals surface area contributed by atoms with Gasteiger partial charge < -0.3 is 9.47 Å². The van der Waals surface area contributed by atoms with Gasteiger partial charge in [-0.25, -0.2) is 0 Å². The average Bonchev–Trinajstić information content (AvgIpc) is 2.99. The van der Waals surface area contributed by atoms with Crippen molar-refractivity contribution in [1.82, 2.24) is 0 Å². The van der Waals surface area contributed by atoms with E-state index in [4.69, 9.17) is 9.47 Å². The molecule has 1 aliphatic rings. The largest absolute Gasteiger partial charge is 0.469 e. The standard InChI is InChI=1S/C23H26O4/c1-15(2)12-16(23(25)26-3)13-22(24)27-14-21-19-10-6-4-8-17(19)18-9-5-7-11-20(18)21/h4-11,15-16,21H,12-14H2,1-3H3. The first-order valence-electron chi connectivity index (χ1n) is 9.43. The summed E-state index contributed by atoms with van der Waals surface area (Å²) in [5.41, 5.74) is 4.75. The first kappa shape index (κ1) is 19.2. The number of hydrogen-bond donors (Lipinski definition) is 0. The number of rotatable bonds is 7. The molecule has 0 saturated heterocycles. The van der Waals surface area contributed by atoms with E-state index >= 15 is 0 Å². The third-order valence-corrected chi connectivity index (χ3v) is 5.08. The topological polar surface area (TPSA) is 52.6 Å². The minimum Gasteiger partial charge on any atom is -0.469 e. The smallest absolute Gasteiger partial charge is 0.309 e. The zero-order valence-corrected chi connectivity index (χ0v) is 16.1. The number of fused-ring (bicyclic) bond motifs is 3. The van der Waals surface area contributed by atoms with E-state index < -0.39 is 5.92 Å². The van der Waals surface area contributed by atoms with Crippen molar-refractivity contribution in [2.75, 3.05) is 13.7 Å². The predicted molar refractivity (Wildman–Crippen MR) is 104 cm³/mol. The third-order valence-electron chi connectivity index (χ3n) is 5.08. The van der Waals surface area contributed by atoms with E-state index in [9.17, 15) is 9.59 Å². The molecule has 0 fully saturated rings. The summed E-state index contributed by atoms with van der Waals surface area (Å²) in [5.74, 6) is -0.825. The number of methoxy groups -OCH3 is 1. The summed E-state index contributed by atoms with van der Waals surface area (Å²) in [6.45, 7) is 4.32. The number of carbonyl (C=O) groups excluding carboxylic acids is 2. The zero-order chi connectivity index (χ0) is 19.4. The second-order valence-electron chi connectivity index (χ2n) is 7.46. The van der Waals surface area contributed by atoms with Crippen molar-refractivity contribution in [2.24, 2.45) is 11.8 Å². The second-order valence-corrected chi connectivity index (χ2v) is 7.46. The number of benzene rings is 2. The molecule has 4 nitrogen and oxygen atoms in total. The highest BCUT2D eigenvalue weighted by molar-refractivity contribution is 5.81. The normalized spacial score (nSPS) is 13.8. The lowest BCUT2D eigenvalue weighted by Gasteiger charge is -2.18. The predicted octanol–water partition coefficient (Wildman–Crippen LogP) is 4.57.